The maximum absolute atomic E-state index is 11.9. The van der Waals surface area contributed by atoms with Gasteiger partial charge in [-0.1, -0.05) is 0 Å². The summed E-state index contributed by atoms with van der Waals surface area (Å²) in [7, 11) is -5.41. The Labute approximate surface area is 187 Å². The molecule has 2 radical (unpaired) electrons. The van der Waals surface area contributed by atoms with Crippen LogP contribution in [0.25, 0.3) is 0 Å². The van der Waals surface area contributed by atoms with Gasteiger partial charge >= 0.3 is 50.6 Å². The lowest BCUT2D eigenvalue weighted by molar-refractivity contribution is 0.122. The van der Waals surface area contributed by atoms with Crippen molar-refractivity contribution in [1.82, 2.24) is 5.32 Å². The molecule has 1 amide bonds. The summed E-state index contributed by atoms with van der Waals surface area (Å²) in [6.07, 6.45) is 0.888. The molecule has 1 rings (SSSR count). The molecule has 0 saturated carbocycles. The summed E-state index contributed by atoms with van der Waals surface area (Å²) in [5, 5.41) is 2.74. The number of hydrogen-bond donors (Lipinski definition) is 1. The van der Waals surface area contributed by atoms with Crippen LogP contribution >= 0.6 is 0 Å². The standard InChI is InChI=1S/C15H37NO9Si5/c1-18-30(19-2,20-3)14-9-11-16-15(17)21-12-10-13-29(8)24-27(5)22-26(4)23-28(6,7)25-29/h9-14H2,1-8H3,(H,16,17). The van der Waals surface area contributed by atoms with E-state index in [1.165, 1.54) is 0 Å². The van der Waals surface area contributed by atoms with Crippen molar-refractivity contribution in [1.29, 1.82) is 0 Å². The van der Waals surface area contributed by atoms with E-state index in [4.69, 9.17) is 34.5 Å². The Morgan fingerprint density at radius 2 is 1.60 bits per heavy atom. The third-order valence-corrected chi connectivity index (χ3v) is 20.4. The predicted molar refractivity (Wildman–Crippen MR) is 122 cm³/mol. The van der Waals surface area contributed by atoms with Crippen LogP contribution in [0.3, 0.4) is 0 Å². The first-order chi connectivity index (χ1) is 14.0. The molecule has 1 unspecified atom stereocenters. The smallest absolute Gasteiger partial charge is 0.450 e. The normalized spacial score (nSPS) is 23.6. The molecular weight excluding hydrogens is 479 g/mol. The van der Waals surface area contributed by atoms with Gasteiger partial charge in [0, 0.05) is 33.9 Å². The molecule has 1 fully saturated rings. The van der Waals surface area contributed by atoms with Gasteiger partial charge in [0.25, 0.3) is 0 Å². The van der Waals surface area contributed by atoms with Gasteiger partial charge in [-0.2, -0.15) is 0 Å². The van der Waals surface area contributed by atoms with Gasteiger partial charge < -0.3 is 39.8 Å². The Morgan fingerprint density at radius 3 is 2.20 bits per heavy atom. The highest BCUT2D eigenvalue weighted by Gasteiger charge is 2.45. The second-order valence-corrected chi connectivity index (χ2v) is 21.4. The molecule has 0 spiro atoms. The number of carbonyl (C=O) groups excluding carboxylic acids is 1. The molecule has 15 heteroatoms. The summed E-state index contributed by atoms with van der Waals surface area (Å²) < 4.78 is 45.9. The number of rotatable bonds is 11. The minimum atomic E-state index is -2.61. The second-order valence-electron chi connectivity index (χ2n) is 7.49. The number of alkyl carbamates (subject to hydrolysis) is 1. The summed E-state index contributed by atoms with van der Waals surface area (Å²) >= 11 is 0. The largest absolute Gasteiger partial charge is 0.500 e. The lowest BCUT2D eigenvalue weighted by Gasteiger charge is -2.40. The van der Waals surface area contributed by atoms with Gasteiger partial charge in [0.15, 0.2) is 0 Å². The van der Waals surface area contributed by atoms with Gasteiger partial charge in [0.2, 0.25) is 0 Å². The SMILES string of the molecule is CO[Si](CCCNC(=O)OCCC[Si]1(C)O[Si](C)O[Si](C)O[Si](C)(C)O1)(OC)OC. The Hall–Kier alpha value is 0.0744. The lowest BCUT2D eigenvalue weighted by Crippen LogP contribution is -2.58. The molecule has 10 nitrogen and oxygen atoms in total. The van der Waals surface area contributed by atoms with Gasteiger partial charge in [0.1, 0.15) is 0 Å². The molecule has 176 valence electrons. The molecule has 30 heavy (non-hydrogen) atoms. The molecule has 0 aliphatic carbocycles. The number of nitrogens with one attached hydrogen (secondary N) is 1. The van der Waals surface area contributed by atoms with Crippen molar-refractivity contribution in [2.75, 3.05) is 34.5 Å². The van der Waals surface area contributed by atoms with Crippen LogP contribution in [0.4, 0.5) is 4.79 Å². The zero-order valence-corrected chi connectivity index (χ0v) is 24.4. The van der Waals surface area contributed by atoms with E-state index < -0.39 is 50.6 Å². The van der Waals surface area contributed by atoms with Crippen molar-refractivity contribution in [2.45, 2.75) is 57.7 Å². The van der Waals surface area contributed by atoms with Crippen LogP contribution in [0, 0.1) is 0 Å². The topological polar surface area (TPSA) is 103 Å². The van der Waals surface area contributed by atoms with Crippen LogP contribution in [0.15, 0.2) is 0 Å². The van der Waals surface area contributed by atoms with Crippen LogP contribution in [-0.2, 0) is 34.5 Å². The van der Waals surface area contributed by atoms with E-state index in [9.17, 15) is 4.79 Å². The molecule has 1 aliphatic rings. The molecule has 1 aliphatic heterocycles. The zero-order chi connectivity index (χ0) is 22.8. The van der Waals surface area contributed by atoms with Crippen LogP contribution < -0.4 is 5.32 Å². The van der Waals surface area contributed by atoms with E-state index >= 15 is 0 Å². The fourth-order valence-corrected chi connectivity index (χ4v) is 19.7. The average Bonchev–Trinajstić information content (AvgIpc) is 2.63. The maximum atomic E-state index is 11.9. The third-order valence-electron chi connectivity index (χ3n) is 4.37. The van der Waals surface area contributed by atoms with Crippen molar-refractivity contribution in [3.63, 3.8) is 0 Å². The van der Waals surface area contributed by atoms with E-state index in [1.54, 1.807) is 21.3 Å². The molecule has 1 saturated heterocycles. The monoisotopic (exact) mass is 515 g/mol. The van der Waals surface area contributed by atoms with Crippen molar-refractivity contribution < 1.29 is 39.3 Å². The number of amides is 1. The highest BCUT2D eigenvalue weighted by Crippen LogP contribution is 2.26. The number of carbonyl (C=O) groups is 1. The zero-order valence-electron chi connectivity index (χ0n) is 19.4. The van der Waals surface area contributed by atoms with Crippen molar-refractivity contribution >= 4 is 50.6 Å². The Kier molecular flexibility index (Phi) is 12.1. The average molecular weight is 516 g/mol. The minimum Gasteiger partial charge on any atom is -0.450 e. The number of ether oxygens (including phenoxy) is 1. The number of hydrogen-bond acceptors (Lipinski definition) is 9. The van der Waals surface area contributed by atoms with Crippen LogP contribution in [-0.4, -0.2) is 85.1 Å². The third kappa shape index (κ3) is 10.1. The fourth-order valence-electron chi connectivity index (χ4n) is 3.22. The first-order valence-electron chi connectivity index (χ1n) is 9.98. The van der Waals surface area contributed by atoms with E-state index in [0.717, 1.165) is 0 Å². The van der Waals surface area contributed by atoms with Gasteiger partial charge in [-0.05, 0) is 51.6 Å². The quantitative estimate of drug-likeness (QED) is 0.328. The molecule has 0 aromatic heterocycles. The highest BCUT2D eigenvalue weighted by molar-refractivity contribution is 6.86. The van der Waals surface area contributed by atoms with Gasteiger partial charge in [0.05, 0.1) is 6.61 Å². The Balaban J connectivity index is 2.33. The molecule has 0 aromatic rings. The van der Waals surface area contributed by atoms with Crippen molar-refractivity contribution in [3.05, 3.63) is 0 Å². The predicted octanol–water partition coefficient (Wildman–Crippen LogP) is 2.46. The Bertz CT molecular complexity index is 520. The Morgan fingerprint density at radius 1 is 1.00 bits per heavy atom. The molecule has 1 atom stereocenters. The van der Waals surface area contributed by atoms with Gasteiger partial charge in [-0.3, -0.25) is 0 Å². The van der Waals surface area contributed by atoms with Crippen molar-refractivity contribution in [2.24, 2.45) is 0 Å². The van der Waals surface area contributed by atoms with Crippen molar-refractivity contribution in [3.8, 4) is 0 Å². The van der Waals surface area contributed by atoms with Crippen LogP contribution in [0.2, 0.25) is 44.8 Å². The molecule has 0 bridgehead atoms. The summed E-state index contributed by atoms with van der Waals surface area (Å²) in [5.41, 5.74) is 0. The summed E-state index contributed by atoms with van der Waals surface area (Å²) in [5.74, 6) is 0. The fraction of sp³-hybridized carbons (Fsp3) is 0.933. The molecule has 0 aromatic carbocycles. The highest BCUT2D eigenvalue weighted by atomic mass is 28.5. The lowest BCUT2D eigenvalue weighted by atomic mass is 10.5. The summed E-state index contributed by atoms with van der Waals surface area (Å²) in [6, 6.07) is 1.32. The van der Waals surface area contributed by atoms with E-state index in [1.807, 2.05) is 32.7 Å². The van der Waals surface area contributed by atoms with Crippen LogP contribution in [0.1, 0.15) is 12.8 Å². The minimum absolute atomic E-state index is 0.298. The van der Waals surface area contributed by atoms with E-state index in [2.05, 4.69) is 5.32 Å². The maximum Gasteiger partial charge on any atom is 0.500 e. The molecular formula is C15H37NO9Si5. The van der Waals surface area contributed by atoms with E-state index in [-0.39, 0.29) is 0 Å². The summed E-state index contributed by atoms with van der Waals surface area (Å²) in [4.78, 5) is 11.9. The molecule has 1 heterocycles. The summed E-state index contributed by atoms with van der Waals surface area (Å²) in [6.45, 7) is 10.8. The van der Waals surface area contributed by atoms with Gasteiger partial charge in [-0.15, -0.1) is 0 Å². The first-order valence-corrected chi connectivity index (χ1v) is 20.9. The first kappa shape index (κ1) is 28.1. The second kappa shape index (κ2) is 12.9. The van der Waals surface area contributed by atoms with Gasteiger partial charge in [-0.25, -0.2) is 4.79 Å². The molecule has 1 N–H and O–H groups in total. The van der Waals surface area contributed by atoms with E-state index in [0.29, 0.717) is 38.1 Å². The van der Waals surface area contributed by atoms with Crippen LogP contribution in [0.5, 0.6) is 0 Å².